The molecule has 0 aliphatic rings. The Labute approximate surface area is 122 Å². The number of aromatic nitrogens is 2. The minimum atomic E-state index is -1.04. The van der Waals surface area contributed by atoms with Gasteiger partial charge < -0.3 is 19.1 Å². The van der Waals surface area contributed by atoms with Gasteiger partial charge in [0.25, 0.3) is 0 Å². The van der Waals surface area contributed by atoms with E-state index in [1.54, 1.807) is 17.7 Å². The normalized spacial score (nSPS) is 10.7. The standard InChI is InChI=1S/C15H18N2O4/c1-10(2)17-8-13(15(18)19)16-14(17)9-21-12-6-4-5-11(7-12)20-3/h4-8,10H,9H2,1-3H3,(H,18,19). The third kappa shape index (κ3) is 3.53. The van der Waals surface area contributed by atoms with Crippen LogP contribution in [0, 0.1) is 0 Å². The SMILES string of the molecule is COc1cccc(OCc2nc(C(=O)O)cn2C(C)C)c1. The van der Waals surface area contributed by atoms with E-state index in [4.69, 9.17) is 14.6 Å². The van der Waals surface area contributed by atoms with E-state index in [0.717, 1.165) is 0 Å². The molecule has 0 atom stereocenters. The van der Waals surface area contributed by atoms with Crippen molar-refractivity contribution >= 4 is 5.97 Å². The van der Waals surface area contributed by atoms with Crippen LogP contribution in [0.3, 0.4) is 0 Å². The van der Waals surface area contributed by atoms with E-state index in [1.165, 1.54) is 6.20 Å². The van der Waals surface area contributed by atoms with Gasteiger partial charge in [0.2, 0.25) is 0 Å². The maximum absolute atomic E-state index is 11.0. The van der Waals surface area contributed by atoms with Crippen LogP contribution in [0.15, 0.2) is 30.5 Å². The number of hydrogen-bond acceptors (Lipinski definition) is 4. The first-order valence-electron chi connectivity index (χ1n) is 6.59. The van der Waals surface area contributed by atoms with Gasteiger partial charge in [0.15, 0.2) is 5.69 Å². The Kier molecular flexibility index (Phi) is 4.47. The number of hydrogen-bond donors (Lipinski definition) is 1. The van der Waals surface area contributed by atoms with Crippen molar-refractivity contribution < 1.29 is 19.4 Å². The lowest BCUT2D eigenvalue weighted by atomic mass is 10.3. The Balaban J connectivity index is 2.16. The maximum atomic E-state index is 11.0. The Morgan fingerprint density at radius 2 is 2.10 bits per heavy atom. The Bertz CT molecular complexity index is 634. The van der Waals surface area contributed by atoms with Crippen LogP contribution in [-0.2, 0) is 6.61 Å². The summed E-state index contributed by atoms with van der Waals surface area (Å²) in [7, 11) is 1.59. The van der Waals surface area contributed by atoms with Crippen LogP contribution in [0.25, 0.3) is 0 Å². The van der Waals surface area contributed by atoms with E-state index in [2.05, 4.69) is 4.98 Å². The highest BCUT2D eigenvalue weighted by Crippen LogP contribution is 2.20. The zero-order chi connectivity index (χ0) is 15.4. The van der Waals surface area contributed by atoms with Crippen molar-refractivity contribution in [1.29, 1.82) is 0 Å². The molecule has 0 unspecified atom stereocenters. The summed E-state index contributed by atoms with van der Waals surface area (Å²) < 4.78 is 12.6. The maximum Gasteiger partial charge on any atom is 0.356 e. The number of ether oxygens (including phenoxy) is 2. The molecule has 2 rings (SSSR count). The smallest absolute Gasteiger partial charge is 0.356 e. The van der Waals surface area contributed by atoms with Crippen LogP contribution in [0.2, 0.25) is 0 Å². The third-order valence-electron chi connectivity index (χ3n) is 2.99. The van der Waals surface area contributed by atoms with Crippen molar-refractivity contribution in [2.24, 2.45) is 0 Å². The molecule has 6 heteroatoms. The van der Waals surface area contributed by atoms with Gasteiger partial charge in [-0.2, -0.15) is 0 Å². The third-order valence-corrected chi connectivity index (χ3v) is 2.99. The fraction of sp³-hybridized carbons (Fsp3) is 0.333. The van der Waals surface area contributed by atoms with Crippen LogP contribution in [0.4, 0.5) is 0 Å². The summed E-state index contributed by atoms with van der Waals surface area (Å²) in [5.74, 6) is 0.873. The minimum absolute atomic E-state index is 0.0212. The van der Waals surface area contributed by atoms with Gasteiger partial charge in [-0.15, -0.1) is 0 Å². The predicted octanol–water partition coefficient (Wildman–Crippen LogP) is 2.75. The molecule has 0 saturated heterocycles. The van der Waals surface area contributed by atoms with Gasteiger partial charge in [-0.3, -0.25) is 0 Å². The zero-order valence-electron chi connectivity index (χ0n) is 12.2. The van der Waals surface area contributed by atoms with Crippen LogP contribution in [0.5, 0.6) is 11.5 Å². The highest BCUT2D eigenvalue weighted by molar-refractivity contribution is 5.85. The lowest BCUT2D eigenvalue weighted by molar-refractivity contribution is 0.0690. The number of carboxylic acids is 1. The summed E-state index contributed by atoms with van der Waals surface area (Å²) in [4.78, 5) is 15.1. The molecule has 6 nitrogen and oxygen atoms in total. The first-order valence-corrected chi connectivity index (χ1v) is 6.59. The van der Waals surface area contributed by atoms with Gasteiger partial charge in [-0.25, -0.2) is 9.78 Å². The number of nitrogens with zero attached hydrogens (tertiary/aromatic N) is 2. The number of carbonyl (C=O) groups is 1. The number of benzene rings is 1. The first kappa shape index (κ1) is 14.9. The minimum Gasteiger partial charge on any atom is -0.497 e. The molecule has 0 amide bonds. The Hall–Kier alpha value is -2.50. The summed E-state index contributed by atoms with van der Waals surface area (Å²) in [6, 6.07) is 7.33. The Morgan fingerprint density at radius 1 is 1.38 bits per heavy atom. The molecule has 1 heterocycles. The fourth-order valence-electron chi connectivity index (χ4n) is 1.93. The second-order valence-corrected chi connectivity index (χ2v) is 4.82. The van der Waals surface area contributed by atoms with E-state index >= 15 is 0 Å². The average molecular weight is 290 g/mol. The van der Waals surface area contributed by atoms with Crippen LogP contribution in [-0.4, -0.2) is 27.7 Å². The highest BCUT2D eigenvalue weighted by atomic mass is 16.5. The summed E-state index contributed by atoms with van der Waals surface area (Å²) in [5, 5.41) is 9.02. The largest absolute Gasteiger partial charge is 0.497 e. The van der Waals surface area contributed by atoms with Crippen molar-refractivity contribution in [2.45, 2.75) is 26.5 Å². The van der Waals surface area contributed by atoms with Gasteiger partial charge in [0, 0.05) is 18.3 Å². The summed E-state index contributed by atoms with van der Waals surface area (Å²) >= 11 is 0. The molecule has 0 aliphatic carbocycles. The van der Waals surface area contributed by atoms with E-state index < -0.39 is 5.97 Å². The number of imidazole rings is 1. The summed E-state index contributed by atoms with van der Waals surface area (Å²) in [6.07, 6.45) is 1.53. The Morgan fingerprint density at radius 3 is 2.71 bits per heavy atom. The van der Waals surface area contributed by atoms with Crippen LogP contribution < -0.4 is 9.47 Å². The molecular weight excluding hydrogens is 272 g/mol. The van der Waals surface area contributed by atoms with Crippen LogP contribution in [0.1, 0.15) is 36.2 Å². The number of aromatic carboxylic acids is 1. The van der Waals surface area contributed by atoms with Crippen molar-refractivity contribution in [3.63, 3.8) is 0 Å². The van der Waals surface area contributed by atoms with Crippen molar-refractivity contribution in [1.82, 2.24) is 9.55 Å². The molecule has 0 bridgehead atoms. The molecule has 21 heavy (non-hydrogen) atoms. The van der Waals surface area contributed by atoms with Gasteiger partial charge in [-0.05, 0) is 26.0 Å². The number of carboxylic acid groups (broad SMARTS) is 1. The molecule has 1 aromatic carbocycles. The summed E-state index contributed by atoms with van der Waals surface area (Å²) in [5.41, 5.74) is 0.0212. The molecule has 1 N–H and O–H groups in total. The van der Waals surface area contributed by atoms with Gasteiger partial charge >= 0.3 is 5.97 Å². The summed E-state index contributed by atoms with van der Waals surface area (Å²) in [6.45, 7) is 4.11. The lowest BCUT2D eigenvalue weighted by Crippen LogP contribution is -2.08. The molecule has 0 saturated carbocycles. The molecule has 0 aliphatic heterocycles. The van der Waals surface area contributed by atoms with Gasteiger partial charge in [-0.1, -0.05) is 6.07 Å². The second kappa shape index (κ2) is 6.30. The van der Waals surface area contributed by atoms with Crippen molar-refractivity contribution in [3.8, 4) is 11.5 Å². The van der Waals surface area contributed by atoms with Gasteiger partial charge in [0.05, 0.1) is 7.11 Å². The van der Waals surface area contributed by atoms with E-state index in [9.17, 15) is 4.79 Å². The molecule has 0 fully saturated rings. The highest BCUT2D eigenvalue weighted by Gasteiger charge is 2.15. The average Bonchev–Trinajstić information content (AvgIpc) is 2.90. The van der Waals surface area contributed by atoms with Crippen molar-refractivity contribution in [2.75, 3.05) is 7.11 Å². The second-order valence-electron chi connectivity index (χ2n) is 4.82. The number of methoxy groups -OCH3 is 1. The van der Waals surface area contributed by atoms with E-state index in [-0.39, 0.29) is 18.3 Å². The number of rotatable bonds is 6. The molecule has 0 spiro atoms. The lowest BCUT2D eigenvalue weighted by Gasteiger charge is -2.12. The topological polar surface area (TPSA) is 73.6 Å². The fourth-order valence-corrected chi connectivity index (χ4v) is 1.93. The molecule has 112 valence electrons. The quantitative estimate of drug-likeness (QED) is 0.885. The zero-order valence-corrected chi connectivity index (χ0v) is 12.2. The van der Waals surface area contributed by atoms with Crippen LogP contribution >= 0.6 is 0 Å². The molecular formula is C15H18N2O4. The van der Waals surface area contributed by atoms with E-state index in [0.29, 0.717) is 17.3 Å². The molecule has 0 radical (unpaired) electrons. The van der Waals surface area contributed by atoms with Gasteiger partial charge in [0.1, 0.15) is 23.9 Å². The van der Waals surface area contributed by atoms with E-state index in [1.807, 2.05) is 32.0 Å². The molecule has 2 aromatic rings. The monoisotopic (exact) mass is 290 g/mol. The van der Waals surface area contributed by atoms with Crippen molar-refractivity contribution in [3.05, 3.63) is 42.0 Å². The first-order chi connectivity index (χ1) is 10.0. The molecule has 1 aromatic heterocycles. The predicted molar refractivity (Wildman–Crippen MR) is 76.9 cm³/mol.